The van der Waals surface area contributed by atoms with Gasteiger partial charge in [-0.2, -0.15) is 5.26 Å². The lowest BCUT2D eigenvalue weighted by molar-refractivity contribution is -0.112. The molecule has 180 valence electrons. The van der Waals surface area contributed by atoms with Gasteiger partial charge >= 0.3 is 0 Å². The first-order valence-corrected chi connectivity index (χ1v) is 12.0. The fraction of sp³-hybridized carbons (Fsp3) is 0.103. The number of carbonyl (C=O) groups excluding carboxylic acids is 1. The van der Waals surface area contributed by atoms with Gasteiger partial charge in [-0.15, -0.1) is 0 Å². The van der Waals surface area contributed by atoms with Crippen molar-refractivity contribution in [2.45, 2.75) is 13.5 Å². The minimum atomic E-state index is -0.560. The van der Waals surface area contributed by atoms with Crippen LogP contribution in [0.1, 0.15) is 18.1 Å². The molecule has 0 unspecified atom stereocenters. The number of benzene rings is 4. The molecule has 0 atom stereocenters. The quantitative estimate of drug-likeness (QED) is 0.192. The number of carbonyl (C=O) groups is 1. The van der Waals surface area contributed by atoms with Gasteiger partial charge in [0.25, 0.3) is 5.91 Å². The molecule has 1 amide bonds. The van der Waals surface area contributed by atoms with Gasteiger partial charge in [0.15, 0.2) is 5.75 Å². The molecule has 0 aliphatic heterocycles. The molecule has 0 saturated heterocycles. The molecule has 4 aromatic carbocycles. The van der Waals surface area contributed by atoms with Crippen LogP contribution in [0.5, 0.6) is 11.5 Å². The van der Waals surface area contributed by atoms with Crippen LogP contribution in [0.15, 0.2) is 84.4 Å². The van der Waals surface area contributed by atoms with Crippen LogP contribution in [0.25, 0.3) is 16.8 Å². The highest BCUT2D eigenvalue weighted by Gasteiger charge is 2.14. The Hall–Kier alpha value is -3.98. The maximum Gasteiger partial charge on any atom is 0.266 e. The summed E-state index contributed by atoms with van der Waals surface area (Å²) < 4.78 is 11.3. The Labute approximate surface area is 219 Å². The predicted octanol–water partition coefficient (Wildman–Crippen LogP) is 7.67. The van der Waals surface area contributed by atoms with Crippen LogP contribution < -0.4 is 14.8 Å². The summed E-state index contributed by atoms with van der Waals surface area (Å²) in [6.07, 6.45) is 1.42. The minimum Gasteiger partial charge on any atom is -0.494 e. The summed E-state index contributed by atoms with van der Waals surface area (Å²) in [6.45, 7) is 2.66. The van der Waals surface area contributed by atoms with Crippen LogP contribution in [-0.2, 0) is 11.4 Å². The molecule has 0 aliphatic rings. The monoisotopic (exact) mass is 516 g/mol. The van der Waals surface area contributed by atoms with Crippen molar-refractivity contribution in [1.29, 1.82) is 5.26 Å². The third-order valence-corrected chi connectivity index (χ3v) is 5.86. The second kappa shape index (κ2) is 11.6. The zero-order valence-corrected chi connectivity index (χ0v) is 20.9. The van der Waals surface area contributed by atoms with E-state index in [2.05, 4.69) is 11.4 Å². The number of nitrogens with one attached hydrogen (secondary N) is 1. The molecule has 1 N–H and O–H groups in total. The molecule has 0 aromatic heterocycles. The predicted molar refractivity (Wildman–Crippen MR) is 145 cm³/mol. The zero-order valence-electron chi connectivity index (χ0n) is 19.4. The van der Waals surface area contributed by atoms with Crippen molar-refractivity contribution in [2.24, 2.45) is 0 Å². The van der Waals surface area contributed by atoms with Crippen molar-refractivity contribution >= 4 is 51.6 Å². The van der Waals surface area contributed by atoms with E-state index in [1.807, 2.05) is 49.4 Å². The van der Waals surface area contributed by atoms with E-state index in [1.165, 1.54) is 6.08 Å². The molecule has 0 aliphatic carbocycles. The third kappa shape index (κ3) is 6.17. The van der Waals surface area contributed by atoms with E-state index >= 15 is 0 Å². The van der Waals surface area contributed by atoms with E-state index in [0.29, 0.717) is 29.4 Å². The molecule has 0 fully saturated rings. The maximum atomic E-state index is 12.7. The summed E-state index contributed by atoms with van der Waals surface area (Å²) >= 11 is 12.9. The first-order chi connectivity index (χ1) is 17.5. The molecule has 0 bridgehead atoms. The van der Waals surface area contributed by atoms with Crippen molar-refractivity contribution < 1.29 is 14.3 Å². The maximum absolute atomic E-state index is 12.7. The Kier molecular flexibility index (Phi) is 8.12. The lowest BCUT2D eigenvalue weighted by atomic mass is 10.1. The van der Waals surface area contributed by atoms with Crippen LogP contribution in [-0.4, -0.2) is 12.5 Å². The van der Waals surface area contributed by atoms with E-state index in [4.69, 9.17) is 32.7 Å². The van der Waals surface area contributed by atoms with Crippen LogP contribution in [0.4, 0.5) is 5.69 Å². The molecule has 0 spiro atoms. The van der Waals surface area contributed by atoms with Crippen molar-refractivity contribution in [3.05, 3.63) is 106 Å². The number of anilines is 1. The van der Waals surface area contributed by atoms with Crippen molar-refractivity contribution in [2.75, 3.05) is 11.9 Å². The lowest BCUT2D eigenvalue weighted by Crippen LogP contribution is -2.13. The second-order valence-corrected chi connectivity index (χ2v) is 8.68. The number of amides is 1. The van der Waals surface area contributed by atoms with E-state index in [1.54, 1.807) is 36.4 Å². The lowest BCUT2D eigenvalue weighted by Gasteiger charge is -2.12. The number of ether oxygens (including phenoxy) is 2. The summed E-state index contributed by atoms with van der Waals surface area (Å²) in [6, 6.07) is 26.2. The summed E-state index contributed by atoms with van der Waals surface area (Å²) in [5.74, 6) is 0.394. The van der Waals surface area contributed by atoms with Gasteiger partial charge in [0.1, 0.15) is 24.0 Å². The van der Waals surface area contributed by atoms with Crippen LogP contribution in [0.2, 0.25) is 10.0 Å². The van der Waals surface area contributed by atoms with E-state index in [9.17, 15) is 10.1 Å². The van der Waals surface area contributed by atoms with Crippen molar-refractivity contribution in [3.63, 3.8) is 0 Å². The summed E-state index contributed by atoms with van der Waals surface area (Å²) in [5.41, 5.74) is 1.88. The van der Waals surface area contributed by atoms with Crippen LogP contribution in [0.3, 0.4) is 0 Å². The molecule has 7 heteroatoms. The topological polar surface area (TPSA) is 71.3 Å². The average Bonchev–Trinajstić information content (AvgIpc) is 2.87. The number of nitriles is 1. The second-order valence-electron chi connectivity index (χ2n) is 7.87. The number of halogens is 2. The molecular formula is C29H22Cl2N2O3. The van der Waals surface area contributed by atoms with E-state index < -0.39 is 5.91 Å². The fourth-order valence-electron chi connectivity index (χ4n) is 3.63. The Balaban J connectivity index is 1.48. The Bertz CT molecular complexity index is 1470. The zero-order chi connectivity index (χ0) is 25.5. The highest BCUT2D eigenvalue weighted by Crippen LogP contribution is 2.35. The molecular weight excluding hydrogens is 495 g/mol. The molecule has 0 radical (unpaired) electrons. The van der Waals surface area contributed by atoms with Gasteiger partial charge < -0.3 is 14.8 Å². The highest BCUT2D eigenvalue weighted by molar-refractivity contribution is 6.37. The van der Waals surface area contributed by atoms with Crippen LogP contribution >= 0.6 is 23.2 Å². The van der Waals surface area contributed by atoms with E-state index in [-0.39, 0.29) is 22.2 Å². The molecule has 5 nitrogen and oxygen atoms in total. The molecule has 0 heterocycles. The van der Waals surface area contributed by atoms with Gasteiger partial charge in [0.05, 0.1) is 16.7 Å². The van der Waals surface area contributed by atoms with Gasteiger partial charge in [0.2, 0.25) is 0 Å². The first-order valence-electron chi connectivity index (χ1n) is 11.2. The SMILES string of the molecule is CCOc1cccc(NC(=O)/C(C#N)=C\c2cc(Cl)c(OCc3ccc4ccccc4c3)c(Cl)c2)c1. The Morgan fingerprint density at radius 3 is 2.42 bits per heavy atom. The third-order valence-electron chi connectivity index (χ3n) is 5.30. The van der Waals surface area contributed by atoms with Gasteiger partial charge in [-0.05, 0) is 65.2 Å². The van der Waals surface area contributed by atoms with Crippen molar-refractivity contribution in [3.8, 4) is 17.6 Å². The number of nitrogens with zero attached hydrogens (tertiary/aromatic N) is 1. The number of hydrogen-bond donors (Lipinski definition) is 1. The Morgan fingerprint density at radius 1 is 0.944 bits per heavy atom. The molecule has 4 rings (SSSR count). The van der Waals surface area contributed by atoms with Gasteiger partial charge in [-0.25, -0.2) is 0 Å². The normalized spacial score (nSPS) is 11.1. The molecule has 4 aromatic rings. The number of fused-ring (bicyclic) bond motifs is 1. The standard InChI is InChI=1S/C29H22Cl2N2O3/c1-2-35-25-9-5-8-24(16-25)33-29(34)23(17-32)13-20-14-26(30)28(27(31)15-20)36-18-19-10-11-21-6-3-4-7-22(21)12-19/h3-16H,2,18H2,1H3,(H,33,34)/b23-13-. The minimum absolute atomic E-state index is 0.103. The van der Waals surface area contributed by atoms with Crippen LogP contribution in [0, 0.1) is 11.3 Å². The summed E-state index contributed by atoms with van der Waals surface area (Å²) in [4.78, 5) is 12.7. The molecule has 36 heavy (non-hydrogen) atoms. The molecule has 0 saturated carbocycles. The van der Waals surface area contributed by atoms with Gasteiger partial charge in [0, 0.05) is 11.8 Å². The smallest absolute Gasteiger partial charge is 0.266 e. The van der Waals surface area contributed by atoms with Gasteiger partial charge in [-0.1, -0.05) is 65.7 Å². The largest absolute Gasteiger partial charge is 0.494 e. The highest BCUT2D eigenvalue weighted by atomic mass is 35.5. The number of rotatable bonds is 8. The van der Waals surface area contributed by atoms with E-state index in [0.717, 1.165) is 16.3 Å². The number of hydrogen-bond acceptors (Lipinski definition) is 4. The first kappa shape index (κ1) is 25.1. The Morgan fingerprint density at radius 2 is 1.69 bits per heavy atom. The van der Waals surface area contributed by atoms with Gasteiger partial charge in [-0.3, -0.25) is 4.79 Å². The van der Waals surface area contributed by atoms with Crippen molar-refractivity contribution in [1.82, 2.24) is 0 Å². The summed E-state index contributed by atoms with van der Waals surface area (Å²) in [5, 5.41) is 15.1. The average molecular weight is 517 g/mol. The summed E-state index contributed by atoms with van der Waals surface area (Å²) in [7, 11) is 0. The fourth-order valence-corrected chi connectivity index (χ4v) is 4.24.